The predicted octanol–water partition coefficient (Wildman–Crippen LogP) is 2.58. The number of halogens is 3. The molecule has 2 rings (SSSR count). The average molecular weight is 375 g/mol. The van der Waals surface area contributed by atoms with E-state index in [0.29, 0.717) is 11.4 Å². The molecule has 0 unspecified atom stereocenters. The molecule has 0 bridgehead atoms. The minimum Gasteiger partial charge on any atom is -0.406 e. The Labute approximate surface area is 145 Å². The SMILES string of the molecule is Cc1nc([N+](=O)[O-])cn1C[C@@H](CO)OCc1ccc(OC(F)(F)F)cc1. The molecule has 1 aromatic heterocycles. The summed E-state index contributed by atoms with van der Waals surface area (Å²) in [5, 5.41) is 20.1. The highest BCUT2D eigenvalue weighted by Gasteiger charge is 2.30. The maximum atomic E-state index is 12.1. The number of ether oxygens (including phenoxy) is 2. The van der Waals surface area contributed by atoms with Crippen molar-refractivity contribution in [3.05, 3.63) is 52.0 Å². The van der Waals surface area contributed by atoms with Crippen molar-refractivity contribution in [2.75, 3.05) is 6.61 Å². The number of nitrogens with zero attached hydrogens (tertiary/aromatic N) is 3. The normalized spacial score (nSPS) is 12.8. The highest BCUT2D eigenvalue weighted by Crippen LogP contribution is 2.23. The lowest BCUT2D eigenvalue weighted by Crippen LogP contribution is -2.24. The van der Waals surface area contributed by atoms with Crippen LogP contribution in [-0.2, 0) is 17.9 Å². The Hall–Kier alpha value is -2.66. The van der Waals surface area contributed by atoms with Crippen molar-refractivity contribution >= 4 is 5.82 Å². The van der Waals surface area contributed by atoms with Crippen LogP contribution in [0, 0.1) is 17.0 Å². The van der Waals surface area contributed by atoms with Crippen LogP contribution in [-0.4, -0.2) is 38.7 Å². The van der Waals surface area contributed by atoms with Gasteiger partial charge in [0.25, 0.3) is 0 Å². The molecule has 142 valence electrons. The third-order valence-electron chi connectivity index (χ3n) is 3.40. The lowest BCUT2D eigenvalue weighted by molar-refractivity contribution is -0.389. The molecule has 0 amide bonds. The van der Waals surface area contributed by atoms with Gasteiger partial charge in [0, 0.05) is 6.92 Å². The monoisotopic (exact) mass is 375 g/mol. The second-order valence-electron chi connectivity index (χ2n) is 5.36. The zero-order valence-corrected chi connectivity index (χ0v) is 13.6. The maximum absolute atomic E-state index is 12.1. The fraction of sp³-hybridized carbons (Fsp3) is 0.400. The molecule has 0 aliphatic carbocycles. The van der Waals surface area contributed by atoms with E-state index in [9.17, 15) is 28.4 Å². The highest BCUT2D eigenvalue weighted by molar-refractivity contribution is 5.27. The molecule has 8 nitrogen and oxygen atoms in total. The van der Waals surface area contributed by atoms with Gasteiger partial charge in [-0.1, -0.05) is 12.1 Å². The molecule has 1 heterocycles. The van der Waals surface area contributed by atoms with E-state index in [0.717, 1.165) is 12.1 Å². The fourth-order valence-corrected chi connectivity index (χ4v) is 2.15. The van der Waals surface area contributed by atoms with Gasteiger partial charge in [0.15, 0.2) is 0 Å². The molecule has 1 N–H and O–H groups in total. The number of hydrogen-bond donors (Lipinski definition) is 1. The van der Waals surface area contributed by atoms with Gasteiger partial charge in [-0.3, -0.25) is 0 Å². The summed E-state index contributed by atoms with van der Waals surface area (Å²) in [5.74, 6) is -0.256. The van der Waals surface area contributed by atoms with E-state index in [1.54, 1.807) is 6.92 Å². The van der Waals surface area contributed by atoms with E-state index in [2.05, 4.69) is 9.72 Å². The van der Waals surface area contributed by atoms with Gasteiger partial charge >= 0.3 is 12.2 Å². The molecule has 26 heavy (non-hydrogen) atoms. The van der Waals surface area contributed by atoms with E-state index in [1.165, 1.54) is 22.9 Å². The van der Waals surface area contributed by atoms with E-state index in [4.69, 9.17) is 4.74 Å². The summed E-state index contributed by atoms with van der Waals surface area (Å²) in [5.41, 5.74) is 0.575. The number of aliphatic hydroxyl groups is 1. The Balaban J connectivity index is 1.93. The summed E-state index contributed by atoms with van der Waals surface area (Å²) >= 11 is 0. The standard InChI is InChI=1S/C15H16F3N3O5/c1-10-19-14(21(23)24)7-20(10)6-13(8-22)25-9-11-2-4-12(5-3-11)26-15(16,17)18/h2-5,7,13,22H,6,8-9H2,1H3/t13-/m0/s1. The van der Waals surface area contributed by atoms with E-state index < -0.39 is 17.4 Å². The van der Waals surface area contributed by atoms with E-state index >= 15 is 0 Å². The zero-order chi connectivity index (χ0) is 19.3. The van der Waals surface area contributed by atoms with Crippen molar-refractivity contribution in [2.24, 2.45) is 0 Å². The molecule has 11 heteroatoms. The number of hydrogen-bond acceptors (Lipinski definition) is 6. The van der Waals surface area contributed by atoms with Gasteiger partial charge in [-0.15, -0.1) is 13.2 Å². The second kappa shape index (κ2) is 8.15. The van der Waals surface area contributed by atoms with Crippen molar-refractivity contribution in [3.63, 3.8) is 0 Å². The summed E-state index contributed by atoms with van der Waals surface area (Å²) in [6, 6.07) is 5.12. The largest absolute Gasteiger partial charge is 0.573 e. The molecular formula is C15H16F3N3O5. The molecular weight excluding hydrogens is 359 g/mol. The number of aliphatic hydroxyl groups excluding tert-OH is 1. The molecule has 0 aliphatic heterocycles. The van der Waals surface area contributed by atoms with Crippen LogP contribution in [0.25, 0.3) is 0 Å². The highest BCUT2D eigenvalue weighted by atomic mass is 19.4. The Bertz CT molecular complexity index is 746. The second-order valence-corrected chi connectivity index (χ2v) is 5.36. The smallest absolute Gasteiger partial charge is 0.406 e. The number of nitro groups is 1. The number of aryl methyl sites for hydroxylation is 1. The molecule has 0 saturated heterocycles. The van der Waals surface area contributed by atoms with Crippen molar-refractivity contribution in [1.82, 2.24) is 9.55 Å². The number of benzene rings is 1. The van der Waals surface area contributed by atoms with Gasteiger partial charge in [-0.2, -0.15) is 0 Å². The maximum Gasteiger partial charge on any atom is 0.573 e. The minimum atomic E-state index is -4.76. The zero-order valence-electron chi connectivity index (χ0n) is 13.6. The van der Waals surface area contributed by atoms with Crippen LogP contribution in [0.4, 0.5) is 19.0 Å². The third-order valence-corrected chi connectivity index (χ3v) is 3.40. The van der Waals surface area contributed by atoms with Gasteiger partial charge in [-0.05, 0) is 27.6 Å². The summed E-state index contributed by atoms with van der Waals surface area (Å²) < 4.78 is 47.1. The molecule has 0 aliphatic rings. The lowest BCUT2D eigenvalue weighted by atomic mass is 10.2. The molecule has 0 saturated carbocycles. The molecule has 0 radical (unpaired) electrons. The Morgan fingerprint density at radius 2 is 2.00 bits per heavy atom. The first-order valence-corrected chi connectivity index (χ1v) is 7.43. The van der Waals surface area contributed by atoms with Crippen LogP contribution < -0.4 is 4.74 Å². The quantitative estimate of drug-likeness (QED) is 0.562. The van der Waals surface area contributed by atoms with E-state index in [-0.39, 0.29) is 31.3 Å². The summed E-state index contributed by atoms with van der Waals surface area (Å²) in [6.07, 6.45) is -4.19. The van der Waals surface area contributed by atoms with E-state index in [1.807, 2.05) is 0 Å². The number of rotatable bonds is 8. The van der Waals surface area contributed by atoms with Gasteiger partial charge in [0.2, 0.25) is 5.82 Å². The Morgan fingerprint density at radius 1 is 1.35 bits per heavy atom. The minimum absolute atomic E-state index is 0.0351. The number of imidazole rings is 1. The van der Waals surface area contributed by atoms with Crippen LogP contribution in [0.2, 0.25) is 0 Å². The number of aromatic nitrogens is 2. The average Bonchev–Trinajstić information content (AvgIpc) is 2.92. The Kier molecular flexibility index (Phi) is 6.16. The first-order valence-electron chi connectivity index (χ1n) is 7.43. The van der Waals surface area contributed by atoms with Crippen LogP contribution in [0.15, 0.2) is 30.5 Å². The summed E-state index contributed by atoms with van der Waals surface area (Å²) in [6.45, 7) is 1.41. The first kappa shape index (κ1) is 19.7. The topological polar surface area (TPSA) is 99.7 Å². The van der Waals surface area contributed by atoms with Gasteiger partial charge in [0.05, 0.1) is 25.9 Å². The van der Waals surface area contributed by atoms with Crippen LogP contribution in [0.3, 0.4) is 0 Å². The van der Waals surface area contributed by atoms with Crippen molar-refractivity contribution in [3.8, 4) is 5.75 Å². The number of alkyl halides is 3. The summed E-state index contributed by atoms with van der Waals surface area (Å²) in [4.78, 5) is 13.9. The Morgan fingerprint density at radius 3 is 2.50 bits per heavy atom. The van der Waals surface area contributed by atoms with Gasteiger partial charge in [-0.25, -0.2) is 0 Å². The fourth-order valence-electron chi connectivity index (χ4n) is 2.15. The van der Waals surface area contributed by atoms with Gasteiger partial charge in [0.1, 0.15) is 11.9 Å². The summed E-state index contributed by atoms with van der Waals surface area (Å²) in [7, 11) is 0. The predicted molar refractivity (Wildman–Crippen MR) is 82.4 cm³/mol. The van der Waals surface area contributed by atoms with Crippen molar-refractivity contribution in [2.45, 2.75) is 32.5 Å². The molecule has 1 aromatic carbocycles. The van der Waals surface area contributed by atoms with Crippen molar-refractivity contribution in [1.29, 1.82) is 0 Å². The van der Waals surface area contributed by atoms with Crippen molar-refractivity contribution < 1.29 is 32.7 Å². The van der Waals surface area contributed by atoms with Gasteiger partial charge < -0.3 is 29.3 Å². The molecule has 1 atom stereocenters. The first-order chi connectivity index (χ1) is 12.2. The van der Waals surface area contributed by atoms with Crippen LogP contribution in [0.1, 0.15) is 11.4 Å². The third kappa shape index (κ3) is 5.70. The van der Waals surface area contributed by atoms with Crippen LogP contribution in [0.5, 0.6) is 5.75 Å². The molecule has 0 fully saturated rings. The van der Waals surface area contributed by atoms with Crippen LogP contribution >= 0.6 is 0 Å². The molecule has 0 spiro atoms. The molecule has 2 aromatic rings. The lowest BCUT2D eigenvalue weighted by Gasteiger charge is -2.16.